The molecule has 1 atom stereocenters. The third kappa shape index (κ3) is 7.00. The third-order valence-electron chi connectivity index (χ3n) is 2.92. The number of benzene rings is 2. The van der Waals surface area contributed by atoms with E-state index in [1.165, 1.54) is 16.4 Å². The molecule has 0 bridgehead atoms. The summed E-state index contributed by atoms with van der Waals surface area (Å²) < 4.78 is 0. The maximum atomic E-state index is 9.90. The van der Waals surface area contributed by atoms with Crippen molar-refractivity contribution in [3.63, 3.8) is 0 Å². The summed E-state index contributed by atoms with van der Waals surface area (Å²) in [5.41, 5.74) is 2.62. The molecule has 0 amide bonds. The van der Waals surface area contributed by atoms with E-state index >= 15 is 0 Å². The van der Waals surface area contributed by atoms with Crippen molar-refractivity contribution in [1.82, 2.24) is 4.90 Å². The Labute approximate surface area is 151 Å². The molecule has 0 radical (unpaired) electrons. The van der Waals surface area contributed by atoms with Gasteiger partial charge in [-0.15, -0.1) is 0 Å². The Hall–Kier alpha value is -0.0757. The van der Waals surface area contributed by atoms with E-state index in [0.29, 0.717) is 14.3 Å². The molecule has 0 aliphatic heterocycles. The van der Waals surface area contributed by atoms with Crippen molar-refractivity contribution in [3.8, 4) is 5.75 Å². The van der Waals surface area contributed by atoms with Gasteiger partial charge in [-0.1, -0.05) is 50.5 Å². The molecule has 2 aromatic rings. The molecule has 2 rings (SSSR count). The quantitative estimate of drug-likeness (QED) is 0.633. The van der Waals surface area contributed by atoms with Gasteiger partial charge in [0.2, 0.25) is 0 Å². The SMILES string of the molecule is Cc1ccc(Pc2ccccc2O)c(CN(C)C)c1.[Cl][Ti][Cl]. The Bertz CT molecular complexity index is 596. The fraction of sp³-hybridized carbons (Fsp3) is 0.250. The van der Waals surface area contributed by atoms with Crippen LogP contribution in [-0.2, 0) is 23.6 Å². The van der Waals surface area contributed by atoms with Gasteiger partial charge in [0.05, 0.1) is 0 Å². The molecular formula is C16H20Cl2NOPTi. The summed E-state index contributed by atoms with van der Waals surface area (Å²) in [4.78, 5) is 2.17. The summed E-state index contributed by atoms with van der Waals surface area (Å²) in [6.45, 7) is 3.05. The van der Waals surface area contributed by atoms with Crippen LogP contribution in [0.1, 0.15) is 11.1 Å². The van der Waals surface area contributed by atoms with Gasteiger partial charge in [0, 0.05) is 11.8 Å². The van der Waals surface area contributed by atoms with Crippen molar-refractivity contribution in [2.24, 2.45) is 0 Å². The van der Waals surface area contributed by atoms with Gasteiger partial charge >= 0.3 is 35.6 Å². The van der Waals surface area contributed by atoms with Gasteiger partial charge in [0.15, 0.2) is 0 Å². The average molecular weight is 392 g/mol. The first-order valence-electron chi connectivity index (χ1n) is 6.73. The van der Waals surface area contributed by atoms with Crippen LogP contribution in [0, 0.1) is 6.92 Å². The van der Waals surface area contributed by atoms with Gasteiger partial charge in [-0.2, -0.15) is 0 Å². The number of aryl methyl sites for hydroxylation is 1. The van der Waals surface area contributed by atoms with Crippen LogP contribution in [-0.4, -0.2) is 24.1 Å². The van der Waals surface area contributed by atoms with Crippen molar-refractivity contribution < 1.29 is 22.1 Å². The van der Waals surface area contributed by atoms with Crippen molar-refractivity contribution >= 4 is 37.8 Å². The molecule has 0 heterocycles. The second kappa shape index (κ2) is 10.7. The van der Waals surface area contributed by atoms with Crippen LogP contribution in [0.4, 0.5) is 0 Å². The van der Waals surface area contributed by atoms with Gasteiger partial charge in [-0.3, -0.25) is 0 Å². The van der Waals surface area contributed by atoms with Gasteiger partial charge in [0.1, 0.15) is 5.75 Å². The number of halogens is 2. The average Bonchev–Trinajstić information content (AvgIpc) is 2.44. The van der Waals surface area contributed by atoms with Crippen LogP contribution in [0.25, 0.3) is 0 Å². The molecule has 2 aromatic carbocycles. The van der Waals surface area contributed by atoms with Crippen molar-refractivity contribution in [2.75, 3.05) is 14.1 Å². The van der Waals surface area contributed by atoms with E-state index in [2.05, 4.69) is 44.1 Å². The molecule has 0 fully saturated rings. The number of hydrogen-bond donors (Lipinski definition) is 1. The Balaban J connectivity index is 0.000000745. The first kappa shape index (κ1) is 20.0. The zero-order chi connectivity index (χ0) is 16.5. The van der Waals surface area contributed by atoms with Crippen LogP contribution in [0.3, 0.4) is 0 Å². The number of phenolic OH excluding ortho intramolecular Hbond substituents is 1. The van der Waals surface area contributed by atoms with Crippen molar-refractivity contribution in [2.45, 2.75) is 13.5 Å². The number of phenols is 1. The van der Waals surface area contributed by atoms with Gasteiger partial charge in [-0.25, -0.2) is 0 Å². The van der Waals surface area contributed by atoms with Crippen LogP contribution < -0.4 is 10.6 Å². The zero-order valence-corrected chi connectivity index (χ0v) is 17.0. The van der Waals surface area contributed by atoms with Gasteiger partial charge in [-0.05, 0) is 38.0 Å². The van der Waals surface area contributed by atoms with E-state index in [0.717, 1.165) is 11.8 Å². The summed E-state index contributed by atoms with van der Waals surface area (Å²) in [6, 6.07) is 14.1. The summed E-state index contributed by atoms with van der Waals surface area (Å²) in [5.74, 6) is 0.386. The maximum absolute atomic E-state index is 9.90. The second-order valence-corrected chi connectivity index (χ2v) is 9.02. The number of aromatic hydroxyl groups is 1. The standard InChI is InChI=1S/C16H20NOP.2ClH.Ti/c1-12-8-9-15(13(10-12)11-17(2)3)19-16-7-5-4-6-14(16)18;;;/h4-10,18-19H,11H2,1-3H3;2*1H;/q;;;+2/p-2. The Morgan fingerprint density at radius 3 is 2.32 bits per heavy atom. The molecule has 1 unspecified atom stereocenters. The van der Waals surface area contributed by atoms with Crippen LogP contribution in [0.2, 0.25) is 0 Å². The molecule has 0 aliphatic rings. The molecule has 118 valence electrons. The summed E-state index contributed by atoms with van der Waals surface area (Å²) in [5, 5.41) is 12.2. The molecular weight excluding hydrogens is 372 g/mol. The monoisotopic (exact) mass is 391 g/mol. The topological polar surface area (TPSA) is 23.5 Å². The molecule has 0 saturated carbocycles. The van der Waals surface area contributed by atoms with E-state index < -0.39 is 17.0 Å². The van der Waals surface area contributed by atoms with E-state index in [1.807, 2.05) is 18.2 Å². The van der Waals surface area contributed by atoms with Crippen LogP contribution in [0.5, 0.6) is 5.75 Å². The molecule has 6 heteroatoms. The first-order valence-corrected chi connectivity index (χ1v) is 12.0. The Kier molecular flexibility index (Phi) is 9.67. The summed E-state index contributed by atoms with van der Waals surface area (Å²) >= 11 is -0.556. The number of para-hydroxylation sites is 1. The molecule has 0 saturated heterocycles. The van der Waals surface area contributed by atoms with Crippen LogP contribution >= 0.6 is 27.2 Å². The minimum atomic E-state index is -0.556. The minimum absolute atomic E-state index is 0.386. The van der Waals surface area contributed by atoms with Gasteiger partial charge in [0.25, 0.3) is 0 Å². The summed E-state index contributed by atoms with van der Waals surface area (Å²) in [7, 11) is 14.4. The molecule has 0 aliphatic carbocycles. The number of nitrogens with zero attached hydrogens (tertiary/aromatic N) is 1. The predicted octanol–water partition coefficient (Wildman–Crippen LogP) is 3.77. The number of hydrogen-bond acceptors (Lipinski definition) is 2. The zero-order valence-electron chi connectivity index (χ0n) is 12.9. The van der Waals surface area contributed by atoms with E-state index in [4.69, 9.17) is 18.6 Å². The predicted molar refractivity (Wildman–Crippen MR) is 96.0 cm³/mol. The fourth-order valence-electron chi connectivity index (χ4n) is 2.04. The second-order valence-electron chi connectivity index (χ2n) is 5.11. The third-order valence-corrected chi connectivity index (χ3v) is 4.37. The summed E-state index contributed by atoms with van der Waals surface area (Å²) in [6.07, 6.45) is 0. The molecule has 22 heavy (non-hydrogen) atoms. The Morgan fingerprint density at radius 2 is 1.73 bits per heavy atom. The van der Waals surface area contributed by atoms with E-state index in [-0.39, 0.29) is 0 Å². The van der Waals surface area contributed by atoms with E-state index in [1.54, 1.807) is 6.07 Å². The Morgan fingerprint density at radius 1 is 1.09 bits per heavy atom. The van der Waals surface area contributed by atoms with Crippen LogP contribution in [0.15, 0.2) is 42.5 Å². The van der Waals surface area contributed by atoms with Crippen molar-refractivity contribution in [1.29, 1.82) is 0 Å². The first-order chi connectivity index (χ1) is 10.5. The van der Waals surface area contributed by atoms with E-state index in [9.17, 15) is 5.11 Å². The fourth-order valence-corrected chi connectivity index (χ4v) is 3.20. The molecule has 1 N–H and O–H groups in total. The normalized spacial score (nSPS) is 10.6. The van der Waals surface area contributed by atoms with Crippen molar-refractivity contribution in [3.05, 3.63) is 53.6 Å². The molecule has 0 spiro atoms. The molecule has 2 nitrogen and oxygen atoms in total. The number of rotatable bonds is 4. The molecule has 0 aromatic heterocycles. The van der Waals surface area contributed by atoms with Gasteiger partial charge < -0.3 is 10.0 Å².